The molecule has 0 unspecified atom stereocenters. The monoisotopic (exact) mass is 286 g/mol. The molecule has 0 spiro atoms. The highest BCUT2D eigenvalue weighted by atomic mass is 35.5. The van der Waals surface area contributed by atoms with Gasteiger partial charge in [-0.3, -0.25) is 0 Å². The Bertz CT molecular complexity index is 538. The molecular weight excluding hydrogens is 272 g/mol. The number of aromatic nitrogens is 2. The molecule has 0 atom stereocenters. The standard InChI is InChI=1S/C12H15ClN2O2S/c1-12(5-16-2,6-17-3)9-4-8-10(13)14-7-15-11(8)18-9/h4,7H,5-6H2,1-3H3. The highest BCUT2D eigenvalue weighted by molar-refractivity contribution is 7.18. The largest absolute Gasteiger partial charge is 0.384 e. The summed E-state index contributed by atoms with van der Waals surface area (Å²) in [6.45, 7) is 3.27. The lowest BCUT2D eigenvalue weighted by Gasteiger charge is -2.26. The van der Waals surface area contributed by atoms with Crippen LogP contribution < -0.4 is 0 Å². The molecule has 0 aliphatic rings. The third-order valence-corrected chi connectivity index (χ3v) is 4.45. The average molecular weight is 287 g/mol. The number of ether oxygens (including phenoxy) is 2. The van der Waals surface area contributed by atoms with Crippen LogP contribution in [0.25, 0.3) is 10.2 Å². The zero-order valence-corrected chi connectivity index (χ0v) is 12.1. The van der Waals surface area contributed by atoms with E-state index in [2.05, 4.69) is 16.9 Å². The number of halogens is 1. The maximum Gasteiger partial charge on any atom is 0.141 e. The highest BCUT2D eigenvalue weighted by Crippen LogP contribution is 2.36. The Balaban J connectivity index is 2.48. The Morgan fingerprint density at radius 1 is 1.28 bits per heavy atom. The van der Waals surface area contributed by atoms with Crippen molar-refractivity contribution in [3.63, 3.8) is 0 Å². The van der Waals surface area contributed by atoms with Crippen molar-refractivity contribution in [3.8, 4) is 0 Å². The quantitative estimate of drug-likeness (QED) is 0.793. The molecule has 0 bridgehead atoms. The normalized spacial score (nSPS) is 12.2. The van der Waals surface area contributed by atoms with E-state index < -0.39 is 0 Å². The summed E-state index contributed by atoms with van der Waals surface area (Å²) in [5.74, 6) is 0. The van der Waals surface area contributed by atoms with Gasteiger partial charge in [0, 0.05) is 29.9 Å². The minimum Gasteiger partial charge on any atom is -0.384 e. The van der Waals surface area contributed by atoms with Crippen LogP contribution in [0, 0.1) is 0 Å². The van der Waals surface area contributed by atoms with Gasteiger partial charge in [-0.15, -0.1) is 11.3 Å². The summed E-state index contributed by atoms with van der Waals surface area (Å²) in [7, 11) is 3.38. The lowest BCUT2D eigenvalue weighted by molar-refractivity contribution is 0.0706. The van der Waals surface area contributed by atoms with Gasteiger partial charge in [0.25, 0.3) is 0 Å². The molecule has 0 fully saturated rings. The molecule has 2 aromatic heterocycles. The molecule has 98 valence electrons. The van der Waals surface area contributed by atoms with Gasteiger partial charge in [0.2, 0.25) is 0 Å². The van der Waals surface area contributed by atoms with Crippen molar-refractivity contribution >= 4 is 33.2 Å². The van der Waals surface area contributed by atoms with Crippen LogP contribution in [0.3, 0.4) is 0 Å². The van der Waals surface area contributed by atoms with Gasteiger partial charge < -0.3 is 9.47 Å². The predicted octanol–water partition coefficient (Wildman–Crippen LogP) is 2.90. The van der Waals surface area contributed by atoms with Crippen LogP contribution in [0.1, 0.15) is 11.8 Å². The Hall–Kier alpha value is -0.750. The number of thiophene rings is 1. The second-order valence-electron chi connectivity index (χ2n) is 4.42. The molecular formula is C12H15ClN2O2S. The van der Waals surface area contributed by atoms with Crippen LogP contribution in [0.5, 0.6) is 0 Å². The molecule has 2 heterocycles. The Labute approximate surface area is 115 Å². The Morgan fingerprint density at radius 3 is 2.50 bits per heavy atom. The molecule has 18 heavy (non-hydrogen) atoms. The number of nitrogens with zero attached hydrogens (tertiary/aromatic N) is 2. The molecule has 0 saturated heterocycles. The molecule has 0 aromatic carbocycles. The lowest BCUT2D eigenvalue weighted by Crippen LogP contribution is -2.32. The van der Waals surface area contributed by atoms with Crippen molar-refractivity contribution in [2.75, 3.05) is 27.4 Å². The average Bonchev–Trinajstić information content (AvgIpc) is 2.75. The van der Waals surface area contributed by atoms with Crippen molar-refractivity contribution in [1.29, 1.82) is 0 Å². The molecule has 2 rings (SSSR count). The van der Waals surface area contributed by atoms with Gasteiger partial charge in [0.15, 0.2) is 0 Å². The zero-order valence-electron chi connectivity index (χ0n) is 10.6. The van der Waals surface area contributed by atoms with Crippen molar-refractivity contribution < 1.29 is 9.47 Å². The van der Waals surface area contributed by atoms with Crippen LogP contribution >= 0.6 is 22.9 Å². The van der Waals surface area contributed by atoms with Gasteiger partial charge in [0.1, 0.15) is 16.3 Å². The lowest BCUT2D eigenvalue weighted by atomic mass is 9.90. The Kier molecular flexibility index (Phi) is 4.17. The van der Waals surface area contributed by atoms with Crippen molar-refractivity contribution in [3.05, 3.63) is 22.4 Å². The van der Waals surface area contributed by atoms with E-state index in [0.717, 1.165) is 15.1 Å². The molecule has 2 aromatic rings. The molecule has 0 aliphatic heterocycles. The summed E-state index contributed by atoms with van der Waals surface area (Å²) in [5, 5.41) is 1.37. The van der Waals surface area contributed by atoms with E-state index in [1.807, 2.05) is 6.07 Å². The third kappa shape index (κ3) is 2.49. The third-order valence-electron chi connectivity index (χ3n) is 2.80. The minimum absolute atomic E-state index is 0.196. The summed E-state index contributed by atoms with van der Waals surface area (Å²) in [4.78, 5) is 10.3. The summed E-state index contributed by atoms with van der Waals surface area (Å²) in [6, 6.07) is 2.03. The number of methoxy groups -OCH3 is 2. The van der Waals surface area contributed by atoms with E-state index in [1.165, 1.54) is 6.33 Å². The molecule has 0 N–H and O–H groups in total. The fourth-order valence-corrected chi connectivity index (χ4v) is 3.30. The van der Waals surface area contributed by atoms with Gasteiger partial charge in [-0.25, -0.2) is 9.97 Å². The number of hydrogen-bond donors (Lipinski definition) is 0. The van der Waals surface area contributed by atoms with Crippen LogP contribution in [-0.2, 0) is 14.9 Å². The first-order valence-electron chi connectivity index (χ1n) is 5.49. The van der Waals surface area contributed by atoms with Gasteiger partial charge in [-0.2, -0.15) is 0 Å². The number of fused-ring (bicyclic) bond motifs is 1. The second kappa shape index (κ2) is 5.48. The molecule has 0 saturated carbocycles. The minimum atomic E-state index is -0.196. The SMILES string of the molecule is COCC(C)(COC)c1cc2c(Cl)ncnc2s1. The number of hydrogen-bond acceptors (Lipinski definition) is 5. The van der Waals surface area contributed by atoms with Gasteiger partial charge >= 0.3 is 0 Å². The first-order chi connectivity index (χ1) is 8.60. The van der Waals surface area contributed by atoms with Crippen LogP contribution in [-0.4, -0.2) is 37.4 Å². The van der Waals surface area contributed by atoms with Crippen molar-refractivity contribution in [1.82, 2.24) is 9.97 Å². The molecule has 0 amide bonds. The van der Waals surface area contributed by atoms with E-state index in [-0.39, 0.29) is 5.41 Å². The topological polar surface area (TPSA) is 44.2 Å². The molecule has 0 radical (unpaired) electrons. The molecule has 6 heteroatoms. The highest BCUT2D eigenvalue weighted by Gasteiger charge is 2.29. The smallest absolute Gasteiger partial charge is 0.141 e. The molecule has 0 aliphatic carbocycles. The summed E-state index contributed by atoms with van der Waals surface area (Å²) < 4.78 is 10.6. The van der Waals surface area contributed by atoms with E-state index >= 15 is 0 Å². The number of rotatable bonds is 5. The van der Waals surface area contributed by atoms with E-state index in [0.29, 0.717) is 18.4 Å². The summed E-state index contributed by atoms with van der Waals surface area (Å²) in [6.07, 6.45) is 1.48. The van der Waals surface area contributed by atoms with E-state index in [4.69, 9.17) is 21.1 Å². The van der Waals surface area contributed by atoms with Crippen molar-refractivity contribution in [2.24, 2.45) is 0 Å². The fraction of sp³-hybridized carbons (Fsp3) is 0.500. The summed E-state index contributed by atoms with van der Waals surface area (Å²) in [5.41, 5.74) is -0.196. The molecule has 4 nitrogen and oxygen atoms in total. The van der Waals surface area contributed by atoms with Gasteiger partial charge in [-0.05, 0) is 6.07 Å². The zero-order chi connectivity index (χ0) is 13.2. The summed E-state index contributed by atoms with van der Waals surface area (Å²) >= 11 is 7.67. The maximum absolute atomic E-state index is 6.07. The fourth-order valence-electron chi connectivity index (χ4n) is 1.95. The Morgan fingerprint density at radius 2 is 1.94 bits per heavy atom. The second-order valence-corrected chi connectivity index (χ2v) is 5.81. The van der Waals surface area contributed by atoms with Crippen molar-refractivity contribution in [2.45, 2.75) is 12.3 Å². The predicted molar refractivity (Wildman–Crippen MR) is 73.5 cm³/mol. The van der Waals surface area contributed by atoms with Crippen LogP contribution in [0.2, 0.25) is 5.15 Å². The first-order valence-corrected chi connectivity index (χ1v) is 6.68. The first kappa shape index (κ1) is 13.7. The van der Waals surface area contributed by atoms with Gasteiger partial charge in [0.05, 0.1) is 13.2 Å². The van der Waals surface area contributed by atoms with Gasteiger partial charge in [-0.1, -0.05) is 18.5 Å². The van der Waals surface area contributed by atoms with E-state index in [9.17, 15) is 0 Å². The van der Waals surface area contributed by atoms with E-state index in [1.54, 1.807) is 25.6 Å². The van der Waals surface area contributed by atoms with Crippen LogP contribution in [0.4, 0.5) is 0 Å². The maximum atomic E-state index is 6.07. The van der Waals surface area contributed by atoms with Crippen LogP contribution in [0.15, 0.2) is 12.4 Å².